The maximum Gasteiger partial charge on any atom is 0.241 e. The molecule has 98 valence electrons. The molecule has 0 aromatic rings. The molecule has 2 rings (SSSR count). The van der Waals surface area contributed by atoms with Gasteiger partial charge in [-0.3, -0.25) is 4.79 Å². The van der Waals surface area contributed by atoms with Crippen molar-refractivity contribution in [2.45, 2.75) is 36.7 Å². The van der Waals surface area contributed by atoms with E-state index < -0.39 is 12.3 Å². The highest BCUT2D eigenvalue weighted by atomic mass is 35.5. The summed E-state index contributed by atoms with van der Waals surface area (Å²) < 4.78 is 18.7. The van der Waals surface area contributed by atoms with Crippen LogP contribution in [-0.2, 0) is 9.53 Å². The minimum Gasteiger partial charge on any atom is -0.378 e. The van der Waals surface area contributed by atoms with Gasteiger partial charge in [0.25, 0.3) is 0 Å². The normalized spacial score (nSPS) is 38.4. The van der Waals surface area contributed by atoms with Crippen molar-refractivity contribution in [3.8, 4) is 0 Å². The van der Waals surface area contributed by atoms with Gasteiger partial charge in [0.15, 0.2) is 0 Å². The minimum absolute atomic E-state index is 0.0992. The summed E-state index contributed by atoms with van der Waals surface area (Å²) >= 11 is 5.83. The second-order valence-corrected chi connectivity index (χ2v) is 4.93. The Morgan fingerprint density at radius 2 is 2.29 bits per heavy atom. The third-order valence-corrected chi connectivity index (χ3v) is 3.54. The highest BCUT2D eigenvalue weighted by Crippen LogP contribution is 2.19. The molecule has 0 spiro atoms. The molecule has 0 saturated carbocycles. The number of piperidine rings is 1. The van der Waals surface area contributed by atoms with Crippen molar-refractivity contribution >= 4 is 17.5 Å². The van der Waals surface area contributed by atoms with Crippen LogP contribution in [0.5, 0.6) is 0 Å². The zero-order chi connectivity index (χ0) is 12.4. The number of ether oxygens (including phenoxy) is 1. The van der Waals surface area contributed by atoms with Gasteiger partial charge in [0.05, 0.1) is 18.1 Å². The molecule has 0 bridgehead atoms. The Morgan fingerprint density at radius 1 is 1.53 bits per heavy atom. The average Bonchev–Trinajstić information content (AvgIpc) is 2.75. The molecule has 2 N–H and O–H groups in total. The van der Waals surface area contributed by atoms with E-state index in [0.29, 0.717) is 19.4 Å². The van der Waals surface area contributed by atoms with E-state index in [0.717, 1.165) is 0 Å². The summed E-state index contributed by atoms with van der Waals surface area (Å²) in [6, 6.07) is -0.358. The van der Waals surface area contributed by atoms with Crippen molar-refractivity contribution < 1.29 is 13.9 Å². The highest BCUT2D eigenvalue weighted by Gasteiger charge is 2.36. The van der Waals surface area contributed by atoms with Crippen molar-refractivity contribution in [2.75, 3.05) is 20.2 Å². The predicted octanol–water partition coefficient (Wildman–Crippen LogP) is 0.00320. The molecular formula is C10H17ClFN3O2. The molecule has 2 unspecified atom stereocenters. The van der Waals surface area contributed by atoms with Gasteiger partial charge < -0.3 is 9.64 Å². The molecule has 0 aromatic carbocycles. The van der Waals surface area contributed by atoms with Crippen molar-refractivity contribution in [3.05, 3.63) is 0 Å². The first-order chi connectivity index (χ1) is 8.11. The van der Waals surface area contributed by atoms with Crippen molar-refractivity contribution in [1.82, 2.24) is 15.8 Å². The summed E-state index contributed by atoms with van der Waals surface area (Å²) in [6.07, 6.45) is -0.455. The Labute approximate surface area is 105 Å². The fourth-order valence-electron chi connectivity index (χ4n) is 2.25. The lowest BCUT2D eigenvalue weighted by atomic mass is 10.0. The lowest BCUT2D eigenvalue weighted by Crippen LogP contribution is -2.53. The summed E-state index contributed by atoms with van der Waals surface area (Å²) in [5.41, 5.74) is 5.34. The first kappa shape index (κ1) is 13.0. The number of rotatable bonds is 2. The van der Waals surface area contributed by atoms with Crippen molar-refractivity contribution in [2.24, 2.45) is 0 Å². The lowest BCUT2D eigenvalue weighted by molar-refractivity contribution is -0.138. The molecular weight excluding hydrogens is 249 g/mol. The number of hydrazine groups is 1. The quantitative estimate of drug-likeness (QED) is 0.545. The van der Waals surface area contributed by atoms with E-state index in [9.17, 15) is 9.18 Å². The van der Waals surface area contributed by atoms with E-state index in [1.165, 1.54) is 12.0 Å². The standard InChI is InChI=1S/C10H17ClFN3O2/c1-17-8-2-3-15(5-6(8)12)10(16)7-4-9(11)14-13-7/h6-9,13-14H,2-5H2,1H3/t6-,7?,8+,9?/m1/s1. The number of hydrogen-bond donors (Lipinski definition) is 2. The van der Waals surface area contributed by atoms with E-state index in [-0.39, 0.29) is 24.0 Å². The molecule has 2 heterocycles. The maximum atomic E-state index is 13.6. The van der Waals surface area contributed by atoms with Crippen LogP contribution in [0.4, 0.5) is 4.39 Å². The predicted molar refractivity (Wildman–Crippen MR) is 61.2 cm³/mol. The number of carbonyl (C=O) groups excluding carboxylic acids is 1. The van der Waals surface area contributed by atoms with Gasteiger partial charge in [-0.1, -0.05) is 0 Å². The van der Waals surface area contributed by atoms with Gasteiger partial charge in [0.2, 0.25) is 5.91 Å². The van der Waals surface area contributed by atoms with Crippen LogP contribution in [0, 0.1) is 0 Å². The minimum atomic E-state index is -1.11. The van der Waals surface area contributed by atoms with Crippen LogP contribution in [0.3, 0.4) is 0 Å². The fraction of sp³-hybridized carbons (Fsp3) is 0.900. The van der Waals surface area contributed by atoms with Crippen LogP contribution in [0.15, 0.2) is 0 Å². The van der Waals surface area contributed by atoms with E-state index >= 15 is 0 Å². The number of amides is 1. The third-order valence-electron chi connectivity index (χ3n) is 3.25. The lowest BCUT2D eigenvalue weighted by Gasteiger charge is -2.35. The number of hydrogen-bond acceptors (Lipinski definition) is 4. The zero-order valence-electron chi connectivity index (χ0n) is 9.66. The Hall–Kier alpha value is -0.430. The Kier molecular flexibility index (Phi) is 4.19. The molecule has 2 saturated heterocycles. The molecule has 2 fully saturated rings. The Bertz CT molecular complexity index is 295. The fourth-order valence-corrected chi connectivity index (χ4v) is 2.49. The average molecular weight is 266 g/mol. The maximum absolute atomic E-state index is 13.6. The van der Waals surface area contributed by atoms with Crippen LogP contribution in [0.1, 0.15) is 12.8 Å². The topological polar surface area (TPSA) is 53.6 Å². The SMILES string of the molecule is CO[C@H]1CCN(C(=O)C2CC(Cl)NN2)C[C@H]1F. The summed E-state index contributed by atoms with van der Waals surface area (Å²) in [7, 11) is 1.50. The summed E-state index contributed by atoms with van der Waals surface area (Å²) in [6.45, 7) is 0.630. The molecule has 7 heteroatoms. The van der Waals surface area contributed by atoms with E-state index in [1.54, 1.807) is 0 Å². The number of alkyl halides is 2. The molecule has 17 heavy (non-hydrogen) atoms. The number of nitrogens with one attached hydrogen (secondary N) is 2. The number of methoxy groups -OCH3 is 1. The number of likely N-dealkylation sites (tertiary alicyclic amines) is 1. The molecule has 2 aliphatic rings. The van der Waals surface area contributed by atoms with Gasteiger partial charge in [-0.05, 0) is 6.42 Å². The van der Waals surface area contributed by atoms with Crippen LogP contribution in [0.25, 0.3) is 0 Å². The van der Waals surface area contributed by atoms with Crippen LogP contribution < -0.4 is 10.9 Å². The molecule has 0 radical (unpaired) electrons. The van der Waals surface area contributed by atoms with Crippen LogP contribution >= 0.6 is 11.6 Å². The van der Waals surface area contributed by atoms with Gasteiger partial charge in [0.1, 0.15) is 12.2 Å². The molecule has 5 nitrogen and oxygen atoms in total. The van der Waals surface area contributed by atoms with Gasteiger partial charge >= 0.3 is 0 Å². The molecule has 4 atom stereocenters. The molecule has 2 aliphatic heterocycles. The molecule has 0 aliphatic carbocycles. The summed E-state index contributed by atoms with van der Waals surface area (Å²) in [4.78, 5) is 13.6. The van der Waals surface area contributed by atoms with E-state index in [2.05, 4.69) is 10.9 Å². The van der Waals surface area contributed by atoms with Crippen LogP contribution in [0.2, 0.25) is 0 Å². The first-order valence-corrected chi connectivity index (χ1v) is 6.16. The van der Waals surface area contributed by atoms with Crippen molar-refractivity contribution in [1.29, 1.82) is 0 Å². The van der Waals surface area contributed by atoms with E-state index in [4.69, 9.17) is 16.3 Å². The van der Waals surface area contributed by atoms with E-state index in [1.807, 2.05) is 0 Å². The summed E-state index contributed by atoms with van der Waals surface area (Å²) in [5, 5.41) is 0. The van der Waals surface area contributed by atoms with Gasteiger partial charge in [-0.15, -0.1) is 11.6 Å². The van der Waals surface area contributed by atoms with Crippen LogP contribution in [-0.4, -0.2) is 54.8 Å². The first-order valence-electron chi connectivity index (χ1n) is 5.72. The van der Waals surface area contributed by atoms with Crippen molar-refractivity contribution in [3.63, 3.8) is 0 Å². The Balaban J connectivity index is 1.89. The zero-order valence-corrected chi connectivity index (χ0v) is 10.4. The number of nitrogens with zero attached hydrogens (tertiary/aromatic N) is 1. The second kappa shape index (κ2) is 5.48. The largest absolute Gasteiger partial charge is 0.378 e. The van der Waals surface area contributed by atoms with Gasteiger partial charge in [0, 0.05) is 20.1 Å². The van der Waals surface area contributed by atoms with Gasteiger partial charge in [-0.2, -0.15) is 0 Å². The highest BCUT2D eigenvalue weighted by molar-refractivity contribution is 6.20. The second-order valence-electron chi connectivity index (χ2n) is 4.41. The van der Waals surface area contributed by atoms with Gasteiger partial charge in [-0.25, -0.2) is 15.2 Å². The Morgan fingerprint density at radius 3 is 2.82 bits per heavy atom. The number of carbonyl (C=O) groups is 1. The third kappa shape index (κ3) is 2.88. The molecule has 1 amide bonds. The smallest absolute Gasteiger partial charge is 0.241 e. The number of halogens is 2. The monoisotopic (exact) mass is 265 g/mol. The molecule has 0 aromatic heterocycles. The summed E-state index contributed by atoms with van der Waals surface area (Å²) in [5.74, 6) is -0.0992.